The number of nitrogens with two attached hydrogens (primary N) is 1. The monoisotopic (exact) mass is 266 g/mol. The highest BCUT2D eigenvalue weighted by Gasteiger charge is 2.19. The van der Waals surface area contributed by atoms with Crippen LogP contribution in [0.25, 0.3) is 0 Å². The van der Waals surface area contributed by atoms with E-state index in [1.807, 2.05) is 17.5 Å². The Hall–Kier alpha value is -2.13. The first-order chi connectivity index (χ1) is 9.34. The molecule has 1 heterocycles. The fourth-order valence-corrected chi connectivity index (χ4v) is 3.06. The quantitative estimate of drug-likeness (QED) is 0.780. The van der Waals surface area contributed by atoms with Gasteiger partial charge in [0.25, 0.3) is 0 Å². The summed E-state index contributed by atoms with van der Waals surface area (Å²) in [5.74, 6) is 0.751. The Morgan fingerprint density at radius 3 is 1.79 bits per heavy atom. The third-order valence-electron chi connectivity index (χ3n) is 3.05. The predicted molar refractivity (Wildman–Crippen MR) is 80.4 cm³/mol. The minimum absolute atomic E-state index is 0.157. The fraction of sp³-hybridized carbons (Fsp3) is 0.0625. The lowest BCUT2D eigenvalue weighted by molar-refractivity contribution is 0.958. The highest BCUT2D eigenvalue weighted by atomic mass is 32.1. The number of nitrogens with zero attached hydrogens (tertiary/aromatic N) is 1. The van der Waals surface area contributed by atoms with Crippen molar-refractivity contribution in [2.24, 2.45) is 0 Å². The van der Waals surface area contributed by atoms with Crippen LogP contribution in [0, 0.1) is 0 Å². The van der Waals surface area contributed by atoms with E-state index in [4.69, 9.17) is 5.73 Å². The van der Waals surface area contributed by atoms with E-state index >= 15 is 0 Å². The molecule has 0 unspecified atom stereocenters. The van der Waals surface area contributed by atoms with Gasteiger partial charge in [0.15, 0.2) is 0 Å². The normalized spacial score (nSPS) is 10.8. The van der Waals surface area contributed by atoms with Crippen molar-refractivity contribution in [2.45, 2.75) is 5.92 Å². The smallest absolute Gasteiger partial charge is 0.134 e. The molecule has 0 saturated heterocycles. The number of benzene rings is 2. The maximum Gasteiger partial charge on any atom is 0.134 e. The Labute approximate surface area is 116 Å². The molecule has 94 valence electrons. The van der Waals surface area contributed by atoms with Crippen molar-refractivity contribution in [3.05, 3.63) is 82.2 Å². The third-order valence-corrected chi connectivity index (χ3v) is 3.98. The number of thiazole rings is 1. The summed E-state index contributed by atoms with van der Waals surface area (Å²) in [5, 5.41) is 2.93. The van der Waals surface area contributed by atoms with Crippen LogP contribution in [0.3, 0.4) is 0 Å². The summed E-state index contributed by atoms with van der Waals surface area (Å²) in [6.45, 7) is 0. The number of rotatable bonds is 3. The average molecular weight is 266 g/mol. The summed E-state index contributed by atoms with van der Waals surface area (Å²) < 4.78 is 0. The van der Waals surface area contributed by atoms with Crippen LogP contribution in [0.1, 0.15) is 22.1 Å². The number of aromatic nitrogens is 1. The Kier molecular flexibility index (Phi) is 3.29. The predicted octanol–water partition coefficient (Wildman–Crippen LogP) is 3.91. The molecule has 0 atom stereocenters. The maximum absolute atomic E-state index is 5.77. The van der Waals surface area contributed by atoms with E-state index in [2.05, 4.69) is 53.5 Å². The molecule has 19 heavy (non-hydrogen) atoms. The van der Waals surface area contributed by atoms with Crippen molar-refractivity contribution >= 4 is 17.2 Å². The maximum atomic E-state index is 5.77. The molecule has 0 aliphatic carbocycles. The SMILES string of the molecule is Nc1csc(C(c2ccccc2)c2ccccc2)n1. The molecule has 0 spiro atoms. The summed E-state index contributed by atoms with van der Waals surface area (Å²) in [7, 11) is 0. The van der Waals surface area contributed by atoms with Gasteiger partial charge in [-0.1, -0.05) is 60.7 Å². The van der Waals surface area contributed by atoms with Gasteiger partial charge in [0.1, 0.15) is 10.8 Å². The lowest BCUT2D eigenvalue weighted by atomic mass is 9.92. The van der Waals surface area contributed by atoms with E-state index in [1.54, 1.807) is 11.3 Å². The van der Waals surface area contributed by atoms with Crippen molar-refractivity contribution in [3.8, 4) is 0 Å². The first kappa shape index (κ1) is 11.9. The van der Waals surface area contributed by atoms with Gasteiger partial charge < -0.3 is 5.73 Å². The average Bonchev–Trinajstić information content (AvgIpc) is 2.88. The van der Waals surface area contributed by atoms with Gasteiger partial charge in [0.2, 0.25) is 0 Å². The molecule has 0 aliphatic rings. The molecule has 3 heteroatoms. The summed E-state index contributed by atoms with van der Waals surface area (Å²) in [6.07, 6.45) is 0. The van der Waals surface area contributed by atoms with Crippen molar-refractivity contribution in [2.75, 3.05) is 5.73 Å². The molecular weight excluding hydrogens is 252 g/mol. The Balaban J connectivity index is 2.11. The first-order valence-electron chi connectivity index (χ1n) is 6.15. The van der Waals surface area contributed by atoms with Crippen molar-refractivity contribution in [3.63, 3.8) is 0 Å². The molecule has 0 saturated carbocycles. The largest absolute Gasteiger partial charge is 0.383 e. The summed E-state index contributed by atoms with van der Waals surface area (Å²) in [6, 6.07) is 20.8. The van der Waals surface area contributed by atoms with Gasteiger partial charge >= 0.3 is 0 Å². The van der Waals surface area contributed by atoms with Crippen molar-refractivity contribution in [1.29, 1.82) is 0 Å². The first-order valence-corrected chi connectivity index (χ1v) is 7.03. The van der Waals surface area contributed by atoms with E-state index in [0.29, 0.717) is 5.82 Å². The van der Waals surface area contributed by atoms with Crippen LogP contribution in [0.2, 0.25) is 0 Å². The van der Waals surface area contributed by atoms with E-state index < -0.39 is 0 Å². The second-order valence-electron chi connectivity index (χ2n) is 4.36. The Bertz CT molecular complexity index is 607. The van der Waals surface area contributed by atoms with Gasteiger partial charge in [0, 0.05) is 5.38 Å². The highest BCUT2D eigenvalue weighted by molar-refractivity contribution is 7.10. The van der Waals surface area contributed by atoms with Gasteiger partial charge in [-0.05, 0) is 11.1 Å². The van der Waals surface area contributed by atoms with Crippen LogP contribution in [-0.4, -0.2) is 4.98 Å². The molecule has 2 nitrogen and oxygen atoms in total. The second-order valence-corrected chi connectivity index (χ2v) is 5.25. The summed E-state index contributed by atoms with van der Waals surface area (Å²) >= 11 is 1.61. The number of hydrogen-bond donors (Lipinski definition) is 1. The fourth-order valence-electron chi connectivity index (χ4n) is 2.20. The summed E-state index contributed by atoms with van der Waals surface area (Å²) in [4.78, 5) is 4.46. The molecule has 2 aromatic carbocycles. The van der Waals surface area contributed by atoms with E-state index in [9.17, 15) is 0 Å². The molecule has 0 bridgehead atoms. The number of anilines is 1. The van der Waals surface area contributed by atoms with Crippen molar-refractivity contribution in [1.82, 2.24) is 4.98 Å². The van der Waals surface area contributed by atoms with Crippen LogP contribution in [0.5, 0.6) is 0 Å². The van der Waals surface area contributed by atoms with Crippen LogP contribution < -0.4 is 5.73 Å². The zero-order chi connectivity index (χ0) is 13.1. The van der Waals surface area contributed by atoms with Gasteiger partial charge in [-0.3, -0.25) is 0 Å². The van der Waals surface area contributed by atoms with Crippen LogP contribution >= 0.6 is 11.3 Å². The van der Waals surface area contributed by atoms with Gasteiger partial charge in [-0.15, -0.1) is 11.3 Å². The molecule has 1 aromatic heterocycles. The molecule has 0 amide bonds. The number of hydrogen-bond acceptors (Lipinski definition) is 3. The third kappa shape index (κ3) is 2.51. The number of nitrogen functional groups attached to an aromatic ring is 1. The molecule has 3 aromatic rings. The molecule has 0 fully saturated rings. The molecule has 0 radical (unpaired) electrons. The molecular formula is C16H14N2S. The second kappa shape index (κ2) is 5.24. The minimum atomic E-state index is 0.157. The minimum Gasteiger partial charge on any atom is -0.383 e. The van der Waals surface area contributed by atoms with E-state index in [0.717, 1.165) is 5.01 Å². The van der Waals surface area contributed by atoms with Gasteiger partial charge in [0.05, 0.1) is 5.92 Å². The Morgan fingerprint density at radius 2 is 1.37 bits per heavy atom. The van der Waals surface area contributed by atoms with Crippen LogP contribution in [0.15, 0.2) is 66.0 Å². The van der Waals surface area contributed by atoms with Gasteiger partial charge in [-0.25, -0.2) is 4.98 Å². The van der Waals surface area contributed by atoms with Gasteiger partial charge in [-0.2, -0.15) is 0 Å². The van der Waals surface area contributed by atoms with Crippen LogP contribution in [-0.2, 0) is 0 Å². The van der Waals surface area contributed by atoms with E-state index in [1.165, 1.54) is 11.1 Å². The molecule has 3 rings (SSSR count). The zero-order valence-corrected chi connectivity index (χ0v) is 11.2. The molecule has 0 aliphatic heterocycles. The molecule has 2 N–H and O–H groups in total. The van der Waals surface area contributed by atoms with Crippen LogP contribution in [0.4, 0.5) is 5.82 Å². The lowest BCUT2D eigenvalue weighted by Crippen LogP contribution is -2.03. The highest BCUT2D eigenvalue weighted by Crippen LogP contribution is 2.33. The van der Waals surface area contributed by atoms with Crippen molar-refractivity contribution < 1.29 is 0 Å². The topological polar surface area (TPSA) is 38.9 Å². The standard InChI is InChI=1S/C16H14N2S/c17-14-11-19-16(18-14)15(12-7-3-1-4-8-12)13-9-5-2-6-10-13/h1-11,15H,17H2. The van der Waals surface area contributed by atoms with E-state index in [-0.39, 0.29) is 5.92 Å². The Morgan fingerprint density at radius 1 is 0.842 bits per heavy atom. The zero-order valence-electron chi connectivity index (χ0n) is 10.4. The summed E-state index contributed by atoms with van der Waals surface area (Å²) in [5.41, 5.74) is 8.25. The lowest BCUT2D eigenvalue weighted by Gasteiger charge is -2.15.